The summed E-state index contributed by atoms with van der Waals surface area (Å²) in [7, 11) is -0.778. The molecule has 8 heteroatoms. The van der Waals surface area contributed by atoms with Gasteiger partial charge in [0.1, 0.15) is 10.6 Å². The second-order valence-corrected chi connectivity index (χ2v) is 7.61. The second kappa shape index (κ2) is 7.15. The first-order valence-electron chi connectivity index (χ1n) is 6.87. The van der Waals surface area contributed by atoms with E-state index in [4.69, 9.17) is 5.84 Å². The molecule has 0 saturated carbocycles. The Morgan fingerprint density at radius 2 is 2.24 bits per heavy atom. The van der Waals surface area contributed by atoms with Crippen molar-refractivity contribution in [3.05, 3.63) is 10.9 Å². The van der Waals surface area contributed by atoms with E-state index in [1.807, 2.05) is 0 Å². The van der Waals surface area contributed by atoms with Crippen molar-refractivity contribution in [2.45, 2.75) is 32.7 Å². The molecule has 0 aromatic carbocycles. The quantitative estimate of drug-likeness (QED) is 0.533. The smallest absolute Gasteiger partial charge is 0.240 e. The Morgan fingerprint density at radius 3 is 2.86 bits per heavy atom. The van der Waals surface area contributed by atoms with Crippen LogP contribution in [-0.2, 0) is 17.2 Å². The highest BCUT2D eigenvalue weighted by Crippen LogP contribution is 2.30. The summed E-state index contributed by atoms with van der Waals surface area (Å²) in [6.45, 7) is 4.18. The lowest BCUT2D eigenvalue weighted by Crippen LogP contribution is -2.20. The van der Waals surface area contributed by atoms with E-state index in [0.717, 1.165) is 28.9 Å². The van der Waals surface area contributed by atoms with Crippen molar-refractivity contribution in [3.63, 3.8) is 0 Å². The first-order valence-corrected chi connectivity index (χ1v) is 9.41. The van der Waals surface area contributed by atoms with E-state index in [9.17, 15) is 4.21 Å². The summed E-state index contributed by atoms with van der Waals surface area (Å²) >= 11 is 1.65. The maximum atomic E-state index is 11.2. The van der Waals surface area contributed by atoms with Crippen LogP contribution in [0.3, 0.4) is 0 Å². The van der Waals surface area contributed by atoms with Crippen LogP contribution < -0.4 is 16.6 Å². The van der Waals surface area contributed by atoms with Crippen LogP contribution in [0.1, 0.15) is 25.1 Å². The summed E-state index contributed by atoms with van der Waals surface area (Å²) < 4.78 is 11.2. The molecule has 0 aliphatic rings. The van der Waals surface area contributed by atoms with E-state index in [0.29, 0.717) is 11.7 Å². The zero-order chi connectivity index (χ0) is 15.4. The molecule has 0 fully saturated rings. The highest BCUT2D eigenvalue weighted by Gasteiger charge is 2.13. The zero-order valence-corrected chi connectivity index (χ0v) is 14.1. The van der Waals surface area contributed by atoms with Gasteiger partial charge in [-0.05, 0) is 25.8 Å². The zero-order valence-electron chi connectivity index (χ0n) is 12.5. The minimum Gasteiger partial charge on any atom is -0.367 e. The van der Waals surface area contributed by atoms with Crippen molar-refractivity contribution in [3.8, 4) is 0 Å². The highest BCUT2D eigenvalue weighted by molar-refractivity contribution is 7.84. The fourth-order valence-corrected chi connectivity index (χ4v) is 3.62. The number of aryl methyl sites for hydroxylation is 1. The number of nitrogens with zero attached hydrogens (tertiary/aromatic N) is 2. The maximum absolute atomic E-state index is 11.2. The van der Waals surface area contributed by atoms with E-state index in [-0.39, 0.29) is 6.04 Å². The Labute approximate surface area is 131 Å². The van der Waals surface area contributed by atoms with Gasteiger partial charge >= 0.3 is 0 Å². The third-order valence-electron chi connectivity index (χ3n) is 3.14. The molecule has 2 unspecified atom stereocenters. The van der Waals surface area contributed by atoms with Gasteiger partial charge in [-0.25, -0.2) is 10.8 Å². The number of anilines is 2. The van der Waals surface area contributed by atoms with Crippen molar-refractivity contribution in [2.24, 2.45) is 5.84 Å². The normalized spacial score (nSPS) is 14.1. The Morgan fingerprint density at radius 1 is 1.48 bits per heavy atom. The Kier molecular flexibility index (Phi) is 5.49. The molecule has 0 bridgehead atoms. The van der Waals surface area contributed by atoms with Gasteiger partial charge in [-0.15, -0.1) is 11.3 Å². The van der Waals surface area contributed by atoms with E-state index in [1.54, 1.807) is 17.6 Å². The SMILES string of the molecule is CCc1cc2c(NC(C)CCS(C)=O)nc(NN)nc2s1. The van der Waals surface area contributed by atoms with E-state index < -0.39 is 10.8 Å². The van der Waals surface area contributed by atoms with Crippen LogP contribution >= 0.6 is 11.3 Å². The average molecular weight is 327 g/mol. The number of hydrazine groups is 1. The number of rotatable bonds is 7. The van der Waals surface area contributed by atoms with Crippen molar-refractivity contribution in [2.75, 3.05) is 22.8 Å². The van der Waals surface area contributed by atoms with Gasteiger partial charge in [-0.2, -0.15) is 4.98 Å². The highest BCUT2D eigenvalue weighted by atomic mass is 32.2. The van der Waals surface area contributed by atoms with Crippen LogP contribution in [-0.4, -0.2) is 32.2 Å². The topological polar surface area (TPSA) is 92.9 Å². The molecule has 0 amide bonds. The molecule has 0 aliphatic heterocycles. The summed E-state index contributed by atoms with van der Waals surface area (Å²) in [6.07, 6.45) is 3.51. The molecular formula is C13H21N5OS2. The van der Waals surface area contributed by atoms with Crippen LogP contribution in [0.15, 0.2) is 6.07 Å². The largest absolute Gasteiger partial charge is 0.367 e. The van der Waals surface area contributed by atoms with E-state index in [2.05, 4.69) is 40.6 Å². The summed E-state index contributed by atoms with van der Waals surface area (Å²) in [5, 5.41) is 4.39. The van der Waals surface area contributed by atoms with Crippen LogP contribution in [0, 0.1) is 0 Å². The number of aromatic nitrogens is 2. The number of nitrogens with two attached hydrogens (primary N) is 1. The Bertz CT molecular complexity index is 643. The number of hydrogen-bond acceptors (Lipinski definition) is 7. The predicted octanol–water partition coefficient (Wildman–Crippen LogP) is 2.11. The van der Waals surface area contributed by atoms with Crippen molar-refractivity contribution >= 4 is 44.1 Å². The van der Waals surface area contributed by atoms with Gasteiger partial charge in [0.25, 0.3) is 0 Å². The Balaban J connectivity index is 2.27. The first kappa shape index (κ1) is 16.1. The van der Waals surface area contributed by atoms with Gasteiger partial charge < -0.3 is 5.32 Å². The van der Waals surface area contributed by atoms with Gasteiger partial charge in [0.15, 0.2) is 0 Å². The van der Waals surface area contributed by atoms with E-state index in [1.165, 1.54) is 4.88 Å². The lowest BCUT2D eigenvalue weighted by Gasteiger charge is -2.15. The summed E-state index contributed by atoms with van der Waals surface area (Å²) in [6, 6.07) is 2.30. The average Bonchev–Trinajstić information content (AvgIpc) is 2.88. The fourth-order valence-electron chi connectivity index (χ4n) is 1.97. The van der Waals surface area contributed by atoms with Crippen LogP contribution in [0.2, 0.25) is 0 Å². The molecule has 21 heavy (non-hydrogen) atoms. The molecule has 2 aromatic rings. The fraction of sp³-hybridized carbons (Fsp3) is 0.538. The molecule has 0 spiro atoms. The molecular weight excluding hydrogens is 306 g/mol. The Hall–Kier alpha value is -1.25. The third-order valence-corrected chi connectivity index (χ3v) is 5.13. The molecule has 4 N–H and O–H groups in total. The minimum atomic E-state index is -0.778. The molecule has 0 aliphatic carbocycles. The molecule has 6 nitrogen and oxygen atoms in total. The second-order valence-electron chi connectivity index (χ2n) is 4.94. The number of fused-ring (bicyclic) bond motifs is 1. The monoisotopic (exact) mass is 327 g/mol. The molecule has 2 atom stereocenters. The van der Waals surface area contributed by atoms with Crippen molar-refractivity contribution in [1.29, 1.82) is 0 Å². The molecule has 0 saturated heterocycles. The molecule has 2 aromatic heterocycles. The van der Waals surface area contributed by atoms with Crippen LogP contribution in [0.25, 0.3) is 10.2 Å². The molecule has 2 heterocycles. The van der Waals surface area contributed by atoms with Gasteiger partial charge in [-0.3, -0.25) is 9.63 Å². The third kappa shape index (κ3) is 4.12. The number of hydrogen-bond donors (Lipinski definition) is 3. The van der Waals surface area contributed by atoms with Gasteiger partial charge in [0.05, 0.1) is 5.39 Å². The molecule has 2 rings (SSSR count). The molecule has 116 valence electrons. The minimum absolute atomic E-state index is 0.183. The van der Waals surface area contributed by atoms with Gasteiger partial charge in [0, 0.05) is 33.7 Å². The lowest BCUT2D eigenvalue weighted by atomic mass is 10.2. The summed E-state index contributed by atoms with van der Waals surface area (Å²) in [5.41, 5.74) is 2.51. The summed E-state index contributed by atoms with van der Waals surface area (Å²) in [5.74, 6) is 7.29. The molecule has 0 radical (unpaired) electrons. The maximum Gasteiger partial charge on any atom is 0.240 e. The number of thiophene rings is 1. The van der Waals surface area contributed by atoms with Gasteiger partial charge in [0.2, 0.25) is 5.95 Å². The van der Waals surface area contributed by atoms with Crippen molar-refractivity contribution in [1.82, 2.24) is 9.97 Å². The van der Waals surface area contributed by atoms with Gasteiger partial charge in [-0.1, -0.05) is 6.92 Å². The van der Waals surface area contributed by atoms with Crippen LogP contribution in [0.4, 0.5) is 11.8 Å². The summed E-state index contributed by atoms with van der Waals surface area (Å²) in [4.78, 5) is 11.0. The predicted molar refractivity (Wildman–Crippen MR) is 91.2 cm³/mol. The lowest BCUT2D eigenvalue weighted by molar-refractivity contribution is 0.678. The van der Waals surface area contributed by atoms with Crippen molar-refractivity contribution < 1.29 is 4.21 Å². The van der Waals surface area contributed by atoms with E-state index >= 15 is 0 Å². The number of nitrogen functional groups attached to an aromatic ring is 1. The standard InChI is InChI=1S/C13H21N5OS2/c1-4-9-7-10-11(15-8(2)5-6-21(3)19)16-13(18-14)17-12(10)20-9/h7-8H,4-6,14H2,1-3H3,(H2,15,16,17,18). The van der Waals surface area contributed by atoms with Crippen LogP contribution in [0.5, 0.6) is 0 Å². The first-order chi connectivity index (χ1) is 10.0. The number of nitrogens with one attached hydrogen (secondary N) is 2.